The van der Waals surface area contributed by atoms with E-state index in [9.17, 15) is 14.7 Å². The summed E-state index contributed by atoms with van der Waals surface area (Å²) in [4.78, 5) is 29.6. The van der Waals surface area contributed by atoms with Crippen LogP contribution < -0.4 is 9.47 Å². The highest BCUT2D eigenvalue weighted by molar-refractivity contribution is 5.99. The summed E-state index contributed by atoms with van der Waals surface area (Å²) in [5.74, 6) is -1.28. The zero-order valence-electron chi connectivity index (χ0n) is 19.5. The molecule has 0 saturated carbocycles. The summed E-state index contributed by atoms with van der Waals surface area (Å²) in [5.41, 5.74) is 0.860. The summed E-state index contributed by atoms with van der Waals surface area (Å²) < 4.78 is 16.9. The molecule has 1 N–H and O–H groups in total. The van der Waals surface area contributed by atoms with Crippen LogP contribution in [0.5, 0.6) is 17.2 Å². The summed E-state index contributed by atoms with van der Waals surface area (Å²) in [7, 11) is 1.38. The molecule has 0 aliphatic rings. The maximum Gasteiger partial charge on any atom is 0.309 e. The van der Waals surface area contributed by atoms with Gasteiger partial charge in [0.15, 0.2) is 23.0 Å². The molecule has 3 rings (SSSR count). The molecular weight excluding hydrogens is 434 g/mol. The van der Waals surface area contributed by atoms with Crippen LogP contribution in [0.1, 0.15) is 36.3 Å². The van der Waals surface area contributed by atoms with Crippen molar-refractivity contribution in [1.82, 2.24) is 4.98 Å². The fourth-order valence-electron chi connectivity index (χ4n) is 3.47. The van der Waals surface area contributed by atoms with Gasteiger partial charge in [0.2, 0.25) is 0 Å². The summed E-state index contributed by atoms with van der Waals surface area (Å²) in [6.45, 7) is 3.46. The van der Waals surface area contributed by atoms with Crippen molar-refractivity contribution in [2.45, 2.75) is 38.9 Å². The highest BCUT2D eigenvalue weighted by Crippen LogP contribution is 2.29. The molecule has 0 amide bonds. The Hall–Kier alpha value is -3.87. The maximum atomic E-state index is 12.9. The standard InChI is InChI=1S/C27H29NO6/c1-18(16-22(29)25-26(30)23(32-3)14-15-28-25)27(31)34-24(17-20-10-6-4-7-11-20)19(2)33-21-12-8-5-9-13-21/h4-15,18-19,24,30H,16-17H2,1-3H3/t18-,19-,24?/m1/s1. The van der Waals surface area contributed by atoms with Crippen LogP contribution in [0.3, 0.4) is 0 Å². The van der Waals surface area contributed by atoms with E-state index in [2.05, 4.69) is 4.98 Å². The summed E-state index contributed by atoms with van der Waals surface area (Å²) >= 11 is 0. The largest absolute Gasteiger partial charge is 0.503 e. The lowest BCUT2D eigenvalue weighted by molar-refractivity contribution is -0.157. The van der Waals surface area contributed by atoms with Gasteiger partial charge in [0.25, 0.3) is 0 Å². The first-order valence-electron chi connectivity index (χ1n) is 11.1. The van der Waals surface area contributed by atoms with Crippen LogP contribution in [0.4, 0.5) is 0 Å². The molecule has 0 radical (unpaired) electrons. The number of benzene rings is 2. The van der Waals surface area contributed by atoms with Gasteiger partial charge in [-0.1, -0.05) is 55.5 Å². The Morgan fingerprint density at radius 1 is 0.971 bits per heavy atom. The molecule has 1 unspecified atom stereocenters. The van der Waals surface area contributed by atoms with Crippen LogP contribution in [-0.4, -0.2) is 41.2 Å². The number of ether oxygens (including phenoxy) is 3. The molecule has 0 aliphatic carbocycles. The molecule has 7 nitrogen and oxygen atoms in total. The molecule has 34 heavy (non-hydrogen) atoms. The number of pyridine rings is 1. The topological polar surface area (TPSA) is 95.0 Å². The third-order valence-electron chi connectivity index (χ3n) is 5.40. The Balaban J connectivity index is 1.70. The van der Waals surface area contributed by atoms with Gasteiger partial charge in [0, 0.05) is 25.1 Å². The van der Waals surface area contributed by atoms with Crippen molar-refractivity contribution in [2.75, 3.05) is 7.11 Å². The van der Waals surface area contributed by atoms with E-state index in [1.165, 1.54) is 19.4 Å². The van der Waals surface area contributed by atoms with E-state index in [1.807, 2.05) is 67.6 Å². The molecule has 0 fully saturated rings. The van der Waals surface area contributed by atoms with Crippen LogP contribution in [0, 0.1) is 5.92 Å². The zero-order valence-corrected chi connectivity index (χ0v) is 19.5. The van der Waals surface area contributed by atoms with Crippen molar-refractivity contribution < 1.29 is 28.9 Å². The molecular formula is C27H29NO6. The molecule has 178 valence electrons. The van der Waals surface area contributed by atoms with E-state index in [0.717, 1.165) is 5.56 Å². The first kappa shape index (κ1) is 24.8. The minimum absolute atomic E-state index is 0.138. The Morgan fingerprint density at radius 2 is 1.62 bits per heavy atom. The third kappa shape index (κ3) is 6.57. The molecule has 3 atom stereocenters. The lowest BCUT2D eigenvalue weighted by Crippen LogP contribution is -2.37. The Bertz CT molecular complexity index is 1090. The van der Waals surface area contributed by atoms with E-state index in [0.29, 0.717) is 12.2 Å². The predicted octanol–water partition coefficient (Wildman–Crippen LogP) is 4.63. The minimum Gasteiger partial charge on any atom is -0.503 e. The lowest BCUT2D eigenvalue weighted by Gasteiger charge is -2.26. The number of esters is 1. The van der Waals surface area contributed by atoms with Gasteiger partial charge in [-0.05, 0) is 24.6 Å². The van der Waals surface area contributed by atoms with E-state index in [1.54, 1.807) is 6.92 Å². The summed E-state index contributed by atoms with van der Waals surface area (Å²) in [6, 6.07) is 20.5. The van der Waals surface area contributed by atoms with Crippen molar-refractivity contribution in [3.63, 3.8) is 0 Å². The number of methoxy groups -OCH3 is 1. The monoisotopic (exact) mass is 463 g/mol. The van der Waals surface area contributed by atoms with Gasteiger partial charge in [-0.15, -0.1) is 0 Å². The fraction of sp³-hybridized carbons (Fsp3) is 0.296. The van der Waals surface area contributed by atoms with Gasteiger partial charge in [-0.3, -0.25) is 9.59 Å². The van der Waals surface area contributed by atoms with Gasteiger partial charge in [0.1, 0.15) is 18.0 Å². The molecule has 0 bridgehead atoms. The van der Waals surface area contributed by atoms with Crippen molar-refractivity contribution in [2.24, 2.45) is 5.92 Å². The van der Waals surface area contributed by atoms with Crippen molar-refractivity contribution in [1.29, 1.82) is 0 Å². The van der Waals surface area contributed by atoms with E-state index in [-0.39, 0.29) is 23.6 Å². The van der Waals surface area contributed by atoms with Gasteiger partial charge in [0.05, 0.1) is 13.0 Å². The first-order valence-corrected chi connectivity index (χ1v) is 11.1. The van der Waals surface area contributed by atoms with E-state index >= 15 is 0 Å². The average Bonchev–Trinajstić information content (AvgIpc) is 2.84. The smallest absolute Gasteiger partial charge is 0.309 e. The summed E-state index contributed by atoms with van der Waals surface area (Å²) in [5, 5.41) is 10.2. The van der Waals surface area contributed by atoms with Crippen LogP contribution in [-0.2, 0) is 16.0 Å². The van der Waals surface area contributed by atoms with Crippen molar-refractivity contribution in [3.05, 3.63) is 84.2 Å². The number of Topliss-reactive ketones (excluding diaryl/α,β-unsaturated/α-hetero) is 1. The Morgan fingerprint density at radius 3 is 2.26 bits per heavy atom. The maximum absolute atomic E-state index is 12.9. The highest BCUT2D eigenvalue weighted by Gasteiger charge is 2.29. The number of aromatic nitrogens is 1. The number of nitrogens with zero attached hydrogens (tertiary/aromatic N) is 1. The molecule has 0 spiro atoms. The minimum atomic E-state index is -0.748. The number of aromatic hydroxyl groups is 1. The second kappa shape index (κ2) is 11.8. The van der Waals surface area contributed by atoms with Gasteiger partial charge >= 0.3 is 5.97 Å². The van der Waals surface area contributed by atoms with Crippen LogP contribution in [0.2, 0.25) is 0 Å². The molecule has 3 aromatic rings. The molecule has 1 aromatic heterocycles. The van der Waals surface area contributed by atoms with Gasteiger partial charge < -0.3 is 19.3 Å². The zero-order chi connectivity index (χ0) is 24.5. The number of para-hydroxylation sites is 1. The number of ketones is 1. The predicted molar refractivity (Wildman–Crippen MR) is 127 cm³/mol. The summed E-state index contributed by atoms with van der Waals surface area (Å²) in [6.07, 6.45) is 0.653. The van der Waals surface area contributed by atoms with Crippen molar-refractivity contribution in [3.8, 4) is 17.2 Å². The van der Waals surface area contributed by atoms with E-state index < -0.39 is 29.9 Å². The number of carbonyl (C=O) groups is 2. The Kier molecular flexibility index (Phi) is 8.62. The van der Waals surface area contributed by atoms with E-state index in [4.69, 9.17) is 14.2 Å². The molecule has 2 aromatic carbocycles. The second-order valence-electron chi connectivity index (χ2n) is 8.04. The van der Waals surface area contributed by atoms with Crippen LogP contribution in [0.15, 0.2) is 72.9 Å². The molecule has 1 heterocycles. The lowest BCUT2D eigenvalue weighted by atomic mass is 10.0. The van der Waals surface area contributed by atoms with Gasteiger partial charge in [-0.25, -0.2) is 4.98 Å². The normalized spacial score (nSPS) is 13.4. The first-order chi connectivity index (χ1) is 16.4. The van der Waals surface area contributed by atoms with Crippen LogP contribution in [0.25, 0.3) is 0 Å². The molecule has 7 heteroatoms. The number of carbonyl (C=O) groups excluding carboxylic acids is 2. The highest BCUT2D eigenvalue weighted by atomic mass is 16.6. The van der Waals surface area contributed by atoms with Gasteiger partial charge in [-0.2, -0.15) is 0 Å². The quantitative estimate of drug-likeness (QED) is 0.327. The van der Waals surface area contributed by atoms with Crippen LogP contribution >= 0.6 is 0 Å². The number of rotatable bonds is 11. The van der Waals surface area contributed by atoms with Crippen molar-refractivity contribution >= 4 is 11.8 Å². The molecule has 0 saturated heterocycles. The number of hydrogen-bond acceptors (Lipinski definition) is 7. The SMILES string of the molecule is COc1ccnc(C(=O)C[C@@H](C)C(=O)OC(Cc2ccccc2)[C@@H](C)Oc2ccccc2)c1O. The molecule has 0 aliphatic heterocycles. The third-order valence-corrected chi connectivity index (χ3v) is 5.40. The average molecular weight is 464 g/mol. The Labute approximate surface area is 199 Å². The fourth-order valence-corrected chi connectivity index (χ4v) is 3.47. The number of hydrogen-bond donors (Lipinski definition) is 1. The second-order valence-corrected chi connectivity index (χ2v) is 8.04.